The summed E-state index contributed by atoms with van der Waals surface area (Å²) in [6, 6.07) is 0.179. The van der Waals surface area contributed by atoms with Crippen molar-refractivity contribution in [1.82, 2.24) is 35.4 Å². The molecule has 0 unspecified atom stereocenters. The van der Waals surface area contributed by atoms with Gasteiger partial charge in [0.25, 0.3) is 6.47 Å². The van der Waals surface area contributed by atoms with Crippen molar-refractivity contribution in [2.45, 2.75) is 57.5 Å². The Bertz CT molecular complexity index is 741. The molecular formula is C19H29N7O4. The van der Waals surface area contributed by atoms with Gasteiger partial charge in [0, 0.05) is 49.8 Å². The van der Waals surface area contributed by atoms with Crippen LogP contribution in [0.15, 0.2) is 25.2 Å². The van der Waals surface area contributed by atoms with Crippen LogP contribution in [0.25, 0.3) is 0 Å². The van der Waals surface area contributed by atoms with Gasteiger partial charge < -0.3 is 20.7 Å². The van der Waals surface area contributed by atoms with Gasteiger partial charge in [-0.1, -0.05) is 0 Å². The van der Waals surface area contributed by atoms with E-state index in [1.807, 2.05) is 0 Å². The van der Waals surface area contributed by atoms with Crippen molar-refractivity contribution in [2.75, 3.05) is 6.54 Å². The summed E-state index contributed by atoms with van der Waals surface area (Å²) in [5, 5.41) is 17.0. The second-order valence-electron chi connectivity index (χ2n) is 7.10. The van der Waals surface area contributed by atoms with E-state index in [-0.39, 0.29) is 30.2 Å². The zero-order valence-electron chi connectivity index (χ0n) is 16.9. The average molecular weight is 419 g/mol. The van der Waals surface area contributed by atoms with Crippen LogP contribution >= 0.6 is 0 Å². The summed E-state index contributed by atoms with van der Waals surface area (Å²) >= 11 is 0. The van der Waals surface area contributed by atoms with Gasteiger partial charge in [-0.3, -0.25) is 19.1 Å². The second-order valence-corrected chi connectivity index (χ2v) is 7.10. The Morgan fingerprint density at radius 1 is 1.27 bits per heavy atom. The van der Waals surface area contributed by atoms with Crippen molar-refractivity contribution in [3.05, 3.63) is 30.9 Å². The predicted molar refractivity (Wildman–Crippen MR) is 107 cm³/mol. The maximum atomic E-state index is 12.3. The zero-order valence-corrected chi connectivity index (χ0v) is 16.9. The molecule has 0 aromatic carbocycles. The highest BCUT2D eigenvalue weighted by molar-refractivity contribution is 5.79. The van der Waals surface area contributed by atoms with Crippen molar-refractivity contribution < 1.29 is 19.5 Å². The van der Waals surface area contributed by atoms with E-state index < -0.39 is 0 Å². The molecule has 2 aromatic heterocycles. The van der Waals surface area contributed by atoms with Crippen LogP contribution in [-0.2, 0) is 27.3 Å². The molecule has 2 aromatic rings. The number of rotatable bonds is 9. The van der Waals surface area contributed by atoms with Gasteiger partial charge in [0.2, 0.25) is 11.8 Å². The summed E-state index contributed by atoms with van der Waals surface area (Å²) in [4.78, 5) is 43.6. The Balaban J connectivity index is 0.00000101. The van der Waals surface area contributed by atoms with Gasteiger partial charge in [-0.25, -0.2) is 9.97 Å². The number of carboxylic acid groups (broad SMARTS) is 1. The first-order valence-corrected chi connectivity index (χ1v) is 10.1. The summed E-state index contributed by atoms with van der Waals surface area (Å²) in [7, 11) is 0. The number of aryl methyl sites for hydroxylation is 1. The van der Waals surface area contributed by atoms with E-state index in [1.54, 1.807) is 23.5 Å². The van der Waals surface area contributed by atoms with Crippen molar-refractivity contribution in [2.24, 2.45) is 5.92 Å². The molecule has 30 heavy (non-hydrogen) atoms. The monoisotopic (exact) mass is 419 g/mol. The molecule has 11 nitrogen and oxygen atoms in total. The molecule has 164 valence electrons. The number of amides is 2. The molecule has 0 saturated heterocycles. The summed E-state index contributed by atoms with van der Waals surface area (Å²) < 4.78 is 1.73. The Labute approximate surface area is 174 Å². The normalized spacial score (nSPS) is 18.0. The highest BCUT2D eigenvalue weighted by Gasteiger charge is 2.26. The molecule has 0 bridgehead atoms. The van der Waals surface area contributed by atoms with E-state index in [0.29, 0.717) is 19.5 Å². The molecule has 0 radical (unpaired) electrons. The van der Waals surface area contributed by atoms with Crippen LogP contribution in [0.5, 0.6) is 0 Å². The lowest BCUT2D eigenvalue weighted by atomic mass is 9.85. The summed E-state index contributed by atoms with van der Waals surface area (Å²) in [5.74, 6) is 0.238. The van der Waals surface area contributed by atoms with Gasteiger partial charge >= 0.3 is 0 Å². The molecule has 1 saturated carbocycles. The molecule has 4 N–H and O–H groups in total. The quantitative estimate of drug-likeness (QED) is 0.432. The molecule has 0 spiro atoms. The number of aromatic nitrogens is 5. The standard InChI is InChI=1S/C18H27N7O2.CH2O2/c26-17(2-1-9-25-13-20-12-23-25)24-15-5-3-14(4-6-15)18(27)21-8-7-16-10-19-11-22-16;2-1-3/h10-15H,1-9H2,(H,19,22)(H,21,27)(H,24,26);1H,(H,2,3). The first kappa shape index (κ1) is 23.0. The number of hydrogen-bond acceptors (Lipinski definition) is 6. The van der Waals surface area contributed by atoms with Crippen molar-refractivity contribution in [3.63, 3.8) is 0 Å². The molecule has 3 rings (SSSR count). The molecule has 1 aliphatic rings. The fourth-order valence-corrected chi connectivity index (χ4v) is 3.44. The smallest absolute Gasteiger partial charge is 0.290 e. The first-order valence-electron chi connectivity index (χ1n) is 10.1. The molecule has 11 heteroatoms. The molecule has 2 heterocycles. The van der Waals surface area contributed by atoms with Crippen LogP contribution in [0, 0.1) is 5.92 Å². The van der Waals surface area contributed by atoms with Crippen LogP contribution in [0.2, 0.25) is 0 Å². The third-order valence-electron chi connectivity index (χ3n) is 4.97. The third kappa shape index (κ3) is 8.41. The largest absolute Gasteiger partial charge is 0.483 e. The fraction of sp³-hybridized carbons (Fsp3) is 0.579. The number of aromatic amines is 1. The minimum atomic E-state index is -0.250. The fourth-order valence-electron chi connectivity index (χ4n) is 3.44. The van der Waals surface area contributed by atoms with Crippen LogP contribution in [0.1, 0.15) is 44.2 Å². The van der Waals surface area contributed by atoms with Gasteiger partial charge in [-0.15, -0.1) is 0 Å². The van der Waals surface area contributed by atoms with Crippen LogP contribution < -0.4 is 10.6 Å². The van der Waals surface area contributed by atoms with Crippen molar-refractivity contribution >= 4 is 18.3 Å². The predicted octanol–water partition coefficient (Wildman–Crippen LogP) is 0.516. The van der Waals surface area contributed by atoms with E-state index in [1.165, 1.54) is 6.33 Å². The Hall–Kier alpha value is -3.24. The molecule has 2 amide bonds. The number of carbonyl (C=O) groups is 3. The van der Waals surface area contributed by atoms with E-state index >= 15 is 0 Å². The van der Waals surface area contributed by atoms with E-state index in [0.717, 1.165) is 44.2 Å². The lowest BCUT2D eigenvalue weighted by molar-refractivity contribution is -0.126. The van der Waals surface area contributed by atoms with Gasteiger partial charge in [0.15, 0.2) is 0 Å². The van der Waals surface area contributed by atoms with Gasteiger partial charge in [-0.2, -0.15) is 5.10 Å². The van der Waals surface area contributed by atoms with Gasteiger partial charge in [-0.05, 0) is 32.1 Å². The lowest BCUT2D eigenvalue weighted by Gasteiger charge is -2.28. The lowest BCUT2D eigenvalue weighted by Crippen LogP contribution is -2.41. The molecular weight excluding hydrogens is 390 g/mol. The van der Waals surface area contributed by atoms with Gasteiger partial charge in [0.1, 0.15) is 12.7 Å². The van der Waals surface area contributed by atoms with Crippen LogP contribution in [-0.4, -0.2) is 60.7 Å². The Morgan fingerprint density at radius 2 is 2.03 bits per heavy atom. The number of nitrogens with zero attached hydrogens (tertiary/aromatic N) is 4. The van der Waals surface area contributed by atoms with Crippen LogP contribution in [0.4, 0.5) is 0 Å². The summed E-state index contributed by atoms with van der Waals surface area (Å²) in [6.45, 7) is 1.06. The highest BCUT2D eigenvalue weighted by atomic mass is 16.3. The Kier molecular flexibility index (Phi) is 10.0. The molecule has 1 aliphatic carbocycles. The first-order chi connectivity index (χ1) is 14.6. The highest BCUT2D eigenvalue weighted by Crippen LogP contribution is 2.24. The summed E-state index contributed by atoms with van der Waals surface area (Å²) in [5.41, 5.74) is 1.02. The maximum Gasteiger partial charge on any atom is 0.290 e. The van der Waals surface area contributed by atoms with E-state index in [2.05, 4.69) is 30.7 Å². The number of hydrogen-bond donors (Lipinski definition) is 4. The van der Waals surface area contributed by atoms with E-state index in [9.17, 15) is 9.59 Å². The number of H-pyrrole nitrogens is 1. The second kappa shape index (κ2) is 13.1. The third-order valence-corrected chi connectivity index (χ3v) is 4.97. The number of nitrogens with one attached hydrogen (secondary N) is 3. The number of carbonyl (C=O) groups excluding carboxylic acids is 2. The van der Waals surface area contributed by atoms with Crippen LogP contribution in [0.3, 0.4) is 0 Å². The molecule has 0 aliphatic heterocycles. The van der Waals surface area contributed by atoms with Crippen molar-refractivity contribution in [1.29, 1.82) is 0 Å². The Morgan fingerprint density at radius 3 is 2.67 bits per heavy atom. The SMILES string of the molecule is O=C(CCCn1cncn1)NC1CCC(C(=O)NCCc2cnc[nH]2)CC1.O=CO. The van der Waals surface area contributed by atoms with E-state index in [4.69, 9.17) is 9.90 Å². The average Bonchev–Trinajstić information content (AvgIpc) is 3.43. The topological polar surface area (TPSA) is 155 Å². The van der Waals surface area contributed by atoms with Gasteiger partial charge in [0.05, 0.1) is 6.33 Å². The number of imidazole rings is 1. The molecule has 1 fully saturated rings. The molecule has 0 atom stereocenters. The minimum Gasteiger partial charge on any atom is -0.483 e. The maximum absolute atomic E-state index is 12.3. The van der Waals surface area contributed by atoms with Crippen molar-refractivity contribution in [3.8, 4) is 0 Å². The zero-order chi connectivity index (χ0) is 21.6. The minimum absolute atomic E-state index is 0.0484. The summed E-state index contributed by atoms with van der Waals surface area (Å²) in [6.07, 6.45) is 11.9.